The number of hydrogen-bond acceptors (Lipinski definition) is 4. The first-order valence-electron chi connectivity index (χ1n) is 6.82. The zero-order chi connectivity index (χ0) is 16.3. The van der Waals surface area contributed by atoms with E-state index in [4.69, 9.17) is 4.74 Å². The molecule has 5 nitrogen and oxygen atoms in total. The van der Waals surface area contributed by atoms with E-state index in [-0.39, 0.29) is 0 Å². The number of carbonyl (C=O) groups is 1. The third-order valence-corrected chi connectivity index (χ3v) is 4.48. The van der Waals surface area contributed by atoms with Crippen LogP contribution in [0.5, 0.6) is 0 Å². The number of sulfonamides is 1. The van der Waals surface area contributed by atoms with Crippen molar-refractivity contribution in [1.29, 1.82) is 0 Å². The summed E-state index contributed by atoms with van der Waals surface area (Å²) in [5, 5.41) is -0.633. The Morgan fingerprint density at radius 2 is 1.67 bits per heavy atom. The van der Waals surface area contributed by atoms with Crippen LogP contribution in [-0.4, -0.2) is 25.2 Å². The minimum Gasteiger partial charge on any atom is -0.459 e. The van der Waals surface area contributed by atoms with Crippen LogP contribution in [0.4, 0.5) is 0 Å². The lowest BCUT2D eigenvalue weighted by Crippen LogP contribution is -2.40. The third kappa shape index (κ3) is 5.47. The molecule has 1 rings (SSSR count). The molecular formula is C15H23NO4S. The molecule has 0 unspecified atom stereocenters. The Morgan fingerprint density at radius 3 is 2.10 bits per heavy atom. The Hall–Kier alpha value is -1.40. The molecule has 0 aromatic heterocycles. The van der Waals surface area contributed by atoms with Crippen molar-refractivity contribution in [2.75, 3.05) is 0 Å². The Balaban J connectivity index is 3.10. The van der Waals surface area contributed by atoms with E-state index in [1.54, 1.807) is 65.0 Å². The molecule has 0 heterocycles. The molecule has 1 N–H and O–H groups in total. The Labute approximate surface area is 126 Å². The molecule has 1 aromatic carbocycles. The molecule has 0 amide bonds. The zero-order valence-electron chi connectivity index (χ0n) is 13.1. The molecule has 0 aliphatic carbocycles. The summed E-state index contributed by atoms with van der Waals surface area (Å²) in [6.07, 6.45) is 0. The van der Waals surface area contributed by atoms with Crippen molar-refractivity contribution in [3.8, 4) is 0 Å². The fourth-order valence-electron chi connectivity index (χ4n) is 1.56. The van der Waals surface area contributed by atoms with Crippen LogP contribution in [0, 0.1) is 0 Å². The molecule has 1 aromatic rings. The highest BCUT2D eigenvalue weighted by atomic mass is 32.2. The number of nitrogens with one attached hydrogen (secondary N) is 1. The van der Waals surface area contributed by atoms with Crippen LogP contribution < -0.4 is 4.72 Å². The van der Waals surface area contributed by atoms with Crippen LogP contribution in [0.15, 0.2) is 30.3 Å². The highest BCUT2D eigenvalue weighted by Crippen LogP contribution is 2.20. The number of ether oxygens (including phenoxy) is 1. The molecule has 6 heteroatoms. The second-order valence-electron chi connectivity index (χ2n) is 6.09. The van der Waals surface area contributed by atoms with Gasteiger partial charge in [-0.2, -0.15) is 4.72 Å². The summed E-state index contributed by atoms with van der Waals surface area (Å²) in [7, 11) is -3.60. The van der Waals surface area contributed by atoms with Crippen molar-refractivity contribution < 1.29 is 17.9 Å². The van der Waals surface area contributed by atoms with Crippen molar-refractivity contribution in [3.63, 3.8) is 0 Å². The Bertz CT molecular complexity index is 573. The van der Waals surface area contributed by atoms with E-state index in [0.29, 0.717) is 5.56 Å². The first-order chi connectivity index (χ1) is 9.53. The van der Waals surface area contributed by atoms with E-state index in [2.05, 4.69) is 4.72 Å². The van der Waals surface area contributed by atoms with Gasteiger partial charge in [0.05, 0.1) is 5.25 Å². The standard InChI is InChI=1S/C15H23NO4S/c1-11(2)21(18,19)16-13(12-9-7-6-8-10-12)14(17)20-15(3,4)5/h6-11,13,16H,1-5H3/t13-/m1/s1. The van der Waals surface area contributed by atoms with E-state index in [0.717, 1.165) is 0 Å². The SMILES string of the molecule is CC(C)S(=O)(=O)N[C@@H](C(=O)OC(C)(C)C)c1ccccc1. The van der Waals surface area contributed by atoms with Crippen LogP contribution in [0.25, 0.3) is 0 Å². The van der Waals surface area contributed by atoms with Gasteiger partial charge in [-0.25, -0.2) is 13.2 Å². The topological polar surface area (TPSA) is 72.5 Å². The number of esters is 1. The second kappa shape index (κ2) is 6.58. The summed E-state index contributed by atoms with van der Waals surface area (Å²) in [5.41, 5.74) is -0.135. The van der Waals surface area contributed by atoms with Crippen molar-refractivity contribution in [2.45, 2.75) is 51.5 Å². The molecule has 0 radical (unpaired) electrons. The lowest BCUT2D eigenvalue weighted by Gasteiger charge is -2.25. The van der Waals surface area contributed by atoms with E-state index < -0.39 is 32.9 Å². The van der Waals surface area contributed by atoms with Gasteiger partial charge in [0, 0.05) is 0 Å². The summed E-state index contributed by atoms with van der Waals surface area (Å²) in [6, 6.07) is 7.63. The lowest BCUT2D eigenvalue weighted by molar-refractivity contribution is -0.157. The van der Waals surface area contributed by atoms with Crippen LogP contribution in [0.1, 0.15) is 46.2 Å². The first-order valence-corrected chi connectivity index (χ1v) is 8.36. The Kier molecular flexibility index (Phi) is 5.53. The van der Waals surface area contributed by atoms with Crippen LogP contribution in [0.2, 0.25) is 0 Å². The Morgan fingerprint density at radius 1 is 1.14 bits per heavy atom. The van der Waals surface area contributed by atoms with Gasteiger partial charge in [0.15, 0.2) is 0 Å². The van der Waals surface area contributed by atoms with Crippen molar-refractivity contribution >= 4 is 16.0 Å². The number of benzene rings is 1. The maximum Gasteiger partial charge on any atom is 0.329 e. The number of hydrogen-bond donors (Lipinski definition) is 1. The van der Waals surface area contributed by atoms with Gasteiger partial charge in [-0.1, -0.05) is 30.3 Å². The highest BCUT2D eigenvalue weighted by molar-refractivity contribution is 7.90. The fraction of sp³-hybridized carbons (Fsp3) is 0.533. The number of rotatable bonds is 5. The van der Waals surface area contributed by atoms with E-state index >= 15 is 0 Å². The van der Waals surface area contributed by atoms with Gasteiger partial charge in [-0.05, 0) is 40.2 Å². The average Bonchev–Trinajstić information content (AvgIpc) is 2.34. The largest absolute Gasteiger partial charge is 0.459 e. The van der Waals surface area contributed by atoms with Gasteiger partial charge in [-0.3, -0.25) is 0 Å². The summed E-state index contributed by atoms with van der Waals surface area (Å²) in [4.78, 5) is 12.3. The molecule has 0 fully saturated rings. The molecule has 0 saturated carbocycles. The first kappa shape index (κ1) is 17.7. The summed E-state index contributed by atoms with van der Waals surface area (Å²) < 4.78 is 31.9. The number of carbonyl (C=O) groups excluding carboxylic acids is 1. The third-order valence-electron chi connectivity index (χ3n) is 2.68. The maximum atomic E-state index is 12.3. The van der Waals surface area contributed by atoms with Crippen LogP contribution >= 0.6 is 0 Å². The van der Waals surface area contributed by atoms with Gasteiger partial charge in [0.25, 0.3) is 0 Å². The minimum absolute atomic E-state index is 0.552. The molecule has 21 heavy (non-hydrogen) atoms. The predicted molar refractivity (Wildman–Crippen MR) is 82.2 cm³/mol. The van der Waals surface area contributed by atoms with Gasteiger partial charge in [-0.15, -0.1) is 0 Å². The molecule has 1 atom stereocenters. The molecule has 0 aliphatic heterocycles. The quantitative estimate of drug-likeness (QED) is 0.847. The van der Waals surface area contributed by atoms with Gasteiger partial charge >= 0.3 is 5.97 Å². The molecular weight excluding hydrogens is 290 g/mol. The smallest absolute Gasteiger partial charge is 0.329 e. The lowest BCUT2D eigenvalue weighted by atomic mass is 10.1. The molecule has 0 aliphatic rings. The van der Waals surface area contributed by atoms with Gasteiger partial charge < -0.3 is 4.74 Å². The van der Waals surface area contributed by atoms with Crippen LogP contribution in [0.3, 0.4) is 0 Å². The average molecular weight is 313 g/mol. The van der Waals surface area contributed by atoms with Crippen molar-refractivity contribution in [2.24, 2.45) is 0 Å². The van der Waals surface area contributed by atoms with E-state index in [1.165, 1.54) is 0 Å². The highest BCUT2D eigenvalue weighted by Gasteiger charge is 2.31. The second-order valence-corrected chi connectivity index (χ2v) is 8.36. The molecule has 0 saturated heterocycles. The molecule has 118 valence electrons. The zero-order valence-corrected chi connectivity index (χ0v) is 13.9. The van der Waals surface area contributed by atoms with Gasteiger partial charge in [0.2, 0.25) is 10.0 Å². The normalized spacial score (nSPS) is 14.0. The monoisotopic (exact) mass is 313 g/mol. The fourth-order valence-corrected chi connectivity index (χ4v) is 2.39. The molecule has 0 bridgehead atoms. The summed E-state index contributed by atoms with van der Waals surface area (Å²) in [6.45, 7) is 8.33. The summed E-state index contributed by atoms with van der Waals surface area (Å²) >= 11 is 0. The van der Waals surface area contributed by atoms with E-state index in [9.17, 15) is 13.2 Å². The van der Waals surface area contributed by atoms with E-state index in [1.807, 2.05) is 0 Å². The van der Waals surface area contributed by atoms with Crippen molar-refractivity contribution in [3.05, 3.63) is 35.9 Å². The van der Waals surface area contributed by atoms with Crippen molar-refractivity contribution in [1.82, 2.24) is 4.72 Å². The van der Waals surface area contributed by atoms with Crippen LogP contribution in [-0.2, 0) is 19.6 Å². The minimum atomic E-state index is -3.60. The molecule has 0 spiro atoms. The summed E-state index contributed by atoms with van der Waals surface area (Å²) in [5.74, 6) is -0.613. The predicted octanol–water partition coefficient (Wildman–Crippen LogP) is 2.40. The maximum absolute atomic E-state index is 12.3. The van der Waals surface area contributed by atoms with Gasteiger partial charge in [0.1, 0.15) is 11.6 Å².